The minimum atomic E-state index is -3.26. The fraction of sp³-hybridized carbons (Fsp3) is 0.514. The first kappa shape index (κ1) is 43.6. The number of ketones is 2. The summed E-state index contributed by atoms with van der Waals surface area (Å²) in [6.45, 7) is 4.12. The van der Waals surface area contributed by atoms with Crippen molar-refractivity contribution in [2.24, 2.45) is 5.92 Å². The average Bonchev–Trinajstić information content (AvgIpc) is 3.07. The highest BCUT2D eigenvalue weighted by atomic mass is 79.9. The molecular weight excluding hydrogens is 692 g/mol. The zero-order valence-electron chi connectivity index (χ0n) is 28.3. The lowest BCUT2D eigenvalue weighted by atomic mass is 9.92. The Morgan fingerprint density at radius 2 is 1.26 bits per heavy atom. The molecule has 2 aromatic rings. The van der Waals surface area contributed by atoms with Crippen LogP contribution >= 0.6 is 15.9 Å². The molecule has 10 nitrogen and oxygen atoms in total. The summed E-state index contributed by atoms with van der Waals surface area (Å²) in [6.07, 6.45) is 7.88. The van der Waals surface area contributed by atoms with Crippen molar-refractivity contribution in [1.29, 1.82) is 0 Å². The molecule has 0 amide bonds. The summed E-state index contributed by atoms with van der Waals surface area (Å²) < 4.78 is 36.6. The Labute approximate surface area is 288 Å². The van der Waals surface area contributed by atoms with Crippen LogP contribution in [0.15, 0.2) is 53.4 Å². The highest BCUT2D eigenvalue weighted by Gasteiger charge is 2.27. The summed E-state index contributed by atoms with van der Waals surface area (Å²) in [7, 11) is 0.675. The molecule has 0 aliphatic rings. The third-order valence-corrected chi connectivity index (χ3v) is 8.63. The summed E-state index contributed by atoms with van der Waals surface area (Å²) in [4.78, 5) is 56.9. The number of carbonyl (C=O) groups is 5. The summed E-state index contributed by atoms with van der Waals surface area (Å²) in [5, 5.41) is 0.800. The Bertz CT molecular complexity index is 1350. The van der Waals surface area contributed by atoms with Gasteiger partial charge in [0.2, 0.25) is 0 Å². The number of halogens is 1. The largest absolute Gasteiger partial charge is 0.469 e. The first-order valence-electron chi connectivity index (χ1n) is 15.5. The van der Waals surface area contributed by atoms with Crippen molar-refractivity contribution in [3.8, 4) is 0 Å². The lowest BCUT2D eigenvalue weighted by Gasteiger charge is -2.14. The molecule has 47 heavy (non-hydrogen) atoms. The van der Waals surface area contributed by atoms with E-state index in [-0.39, 0.29) is 35.3 Å². The number of sulfone groups is 1. The van der Waals surface area contributed by atoms with Crippen molar-refractivity contribution in [2.75, 3.05) is 27.6 Å². The monoisotopic (exact) mass is 740 g/mol. The number of hydrogen-bond acceptors (Lipinski definition) is 10. The van der Waals surface area contributed by atoms with Crippen LogP contribution in [0.4, 0.5) is 0 Å². The number of rotatable bonds is 17. The van der Waals surface area contributed by atoms with E-state index >= 15 is 0 Å². The molecule has 0 aliphatic heterocycles. The van der Waals surface area contributed by atoms with Crippen molar-refractivity contribution in [3.63, 3.8) is 0 Å². The second-order valence-electron chi connectivity index (χ2n) is 10.7. The fourth-order valence-corrected chi connectivity index (χ4v) is 5.05. The Kier molecular flexibility index (Phi) is 23.0. The normalized spacial score (nSPS) is 11.0. The predicted molar refractivity (Wildman–Crippen MR) is 184 cm³/mol. The molecule has 0 spiro atoms. The van der Waals surface area contributed by atoms with Gasteiger partial charge in [0.1, 0.15) is 23.9 Å². The van der Waals surface area contributed by atoms with Crippen molar-refractivity contribution in [3.05, 3.63) is 65.2 Å². The first-order chi connectivity index (χ1) is 22.3. The highest BCUT2D eigenvalue weighted by Crippen LogP contribution is 2.18. The molecule has 0 fully saturated rings. The van der Waals surface area contributed by atoms with E-state index in [1.165, 1.54) is 33.5 Å². The van der Waals surface area contributed by atoms with Crippen LogP contribution in [-0.2, 0) is 55.0 Å². The Morgan fingerprint density at radius 3 is 1.70 bits per heavy atom. The Balaban J connectivity index is 0.000000743. The standard InChI is InChI=1S/C17H24O5S.C9H9BrO2.C9H16O3/c1-4-5-6-7-16(18)15(17(19)22-2)12-13-8-10-14(11-9-13)23(3,20)21;1-12-9(11)8-4-2-7(6-10)3-5-8;1-3-4-5-6-8(10)7-9(11)12-2/h8-11,15H,4-7,12H2,1-3H3;2-5H,6H2,1H3;3-7H2,1-2H3. The van der Waals surface area contributed by atoms with E-state index < -0.39 is 27.7 Å². The molecule has 0 bridgehead atoms. The SMILES string of the molecule is CCCCCC(=O)C(Cc1ccc(S(C)(=O)=O)cc1)C(=O)OC.CCCCCC(=O)CC(=O)OC.COC(=O)c1ccc(CBr)cc1. The van der Waals surface area contributed by atoms with Gasteiger partial charge >= 0.3 is 17.9 Å². The van der Waals surface area contributed by atoms with Crippen LogP contribution in [0.5, 0.6) is 0 Å². The van der Waals surface area contributed by atoms with Gasteiger partial charge < -0.3 is 14.2 Å². The van der Waals surface area contributed by atoms with Gasteiger partial charge in [-0.2, -0.15) is 0 Å². The van der Waals surface area contributed by atoms with Gasteiger partial charge in [-0.3, -0.25) is 19.2 Å². The van der Waals surface area contributed by atoms with Gasteiger partial charge in [0.25, 0.3) is 0 Å². The Hall–Kier alpha value is -3.38. The molecule has 262 valence electrons. The number of alkyl halides is 1. The van der Waals surface area contributed by atoms with Crippen molar-refractivity contribution in [1.82, 2.24) is 0 Å². The molecule has 0 N–H and O–H groups in total. The van der Waals surface area contributed by atoms with Gasteiger partial charge in [0, 0.05) is 24.4 Å². The van der Waals surface area contributed by atoms with Gasteiger partial charge in [0.05, 0.1) is 31.8 Å². The molecule has 1 atom stereocenters. The van der Waals surface area contributed by atoms with E-state index in [9.17, 15) is 32.4 Å². The van der Waals surface area contributed by atoms with E-state index in [4.69, 9.17) is 4.74 Å². The van der Waals surface area contributed by atoms with E-state index in [1.807, 2.05) is 19.1 Å². The molecule has 1 unspecified atom stereocenters. The van der Waals surface area contributed by atoms with E-state index in [0.717, 1.165) is 61.2 Å². The minimum absolute atomic E-state index is 0.0182. The van der Waals surface area contributed by atoms with Gasteiger partial charge in [0.15, 0.2) is 9.84 Å². The maximum Gasteiger partial charge on any atom is 0.337 e. The molecule has 0 radical (unpaired) electrons. The fourth-order valence-electron chi connectivity index (χ4n) is 4.04. The lowest BCUT2D eigenvalue weighted by molar-refractivity contribution is -0.149. The van der Waals surface area contributed by atoms with Crippen LogP contribution in [0.25, 0.3) is 0 Å². The molecule has 2 rings (SSSR count). The molecule has 0 aromatic heterocycles. The van der Waals surface area contributed by atoms with Crippen LogP contribution in [0.2, 0.25) is 0 Å². The van der Waals surface area contributed by atoms with E-state index in [0.29, 0.717) is 18.4 Å². The second-order valence-corrected chi connectivity index (χ2v) is 13.3. The number of unbranched alkanes of at least 4 members (excludes halogenated alkanes) is 4. The minimum Gasteiger partial charge on any atom is -0.469 e. The molecule has 0 saturated heterocycles. The third-order valence-electron chi connectivity index (χ3n) is 6.85. The summed E-state index contributed by atoms with van der Waals surface area (Å²) in [6, 6.07) is 13.5. The zero-order chi connectivity index (χ0) is 35.8. The summed E-state index contributed by atoms with van der Waals surface area (Å²) in [5.41, 5.74) is 2.46. The topological polar surface area (TPSA) is 147 Å². The van der Waals surface area contributed by atoms with Gasteiger partial charge in [-0.15, -0.1) is 0 Å². The van der Waals surface area contributed by atoms with Crippen molar-refractivity contribution < 1.29 is 46.6 Å². The maximum atomic E-state index is 12.3. The molecular formula is C35H49BrO10S. The summed E-state index contributed by atoms with van der Waals surface area (Å²) >= 11 is 3.32. The van der Waals surface area contributed by atoms with Crippen LogP contribution in [0, 0.1) is 5.92 Å². The molecule has 0 heterocycles. The van der Waals surface area contributed by atoms with Crippen LogP contribution in [-0.4, -0.2) is 65.5 Å². The van der Waals surface area contributed by atoms with Crippen LogP contribution in [0.1, 0.15) is 93.1 Å². The smallest absolute Gasteiger partial charge is 0.337 e. The van der Waals surface area contributed by atoms with Gasteiger partial charge in [-0.25, -0.2) is 13.2 Å². The predicted octanol–water partition coefficient (Wildman–Crippen LogP) is 6.64. The average molecular weight is 742 g/mol. The maximum absolute atomic E-state index is 12.3. The quantitative estimate of drug-likeness (QED) is 0.0569. The van der Waals surface area contributed by atoms with E-state index in [1.54, 1.807) is 24.3 Å². The van der Waals surface area contributed by atoms with Gasteiger partial charge in [-0.1, -0.05) is 79.7 Å². The van der Waals surface area contributed by atoms with E-state index in [2.05, 4.69) is 32.3 Å². The third kappa shape index (κ3) is 19.1. The van der Waals surface area contributed by atoms with Crippen molar-refractivity contribution >= 4 is 55.2 Å². The molecule has 0 aliphatic carbocycles. The van der Waals surface area contributed by atoms with Crippen LogP contribution in [0.3, 0.4) is 0 Å². The number of hydrogen-bond donors (Lipinski definition) is 0. The number of ether oxygens (including phenoxy) is 3. The number of benzene rings is 2. The molecule has 2 aromatic carbocycles. The lowest BCUT2D eigenvalue weighted by Crippen LogP contribution is -2.27. The number of carbonyl (C=O) groups excluding carboxylic acids is 5. The second kappa shape index (κ2) is 24.7. The van der Waals surface area contributed by atoms with Gasteiger partial charge in [-0.05, 0) is 54.7 Å². The number of Topliss-reactive ketones (excluding diaryl/α,β-unsaturated/α-hetero) is 2. The number of methoxy groups -OCH3 is 3. The zero-order valence-corrected chi connectivity index (χ0v) is 30.7. The Morgan fingerprint density at radius 1 is 0.723 bits per heavy atom. The van der Waals surface area contributed by atoms with Crippen molar-refractivity contribution in [2.45, 2.75) is 88.3 Å². The first-order valence-corrected chi connectivity index (χ1v) is 18.5. The highest BCUT2D eigenvalue weighted by molar-refractivity contribution is 9.08. The van der Waals surface area contributed by atoms with Crippen LogP contribution < -0.4 is 0 Å². The number of esters is 3. The molecule has 0 saturated carbocycles. The molecule has 12 heteroatoms. The summed E-state index contributed by atoms with van der Waals surface area (Å²) in [5.74, 6) is -2.25.